The molecule has 0 aliphatic carbocycles. The van der Waals surface area contributed by atoms with Gasteiger partial charge < -0.3 is 9.84 Å². The van der Waals surface area contributed by atoms with Crippen molar-refractivity contribution in [2.75, 3.05) is 0 Å². The normalized spacial score (nSPS) is 14.1. The lowest BCUT2D eigenvalue weighted by molar-refractivity contribution is -0.274. The van der Waals surface area contributed by atoms with E-state index in [1.807, 2.05) is 0 Å². The van der Waals surface area contributed by atoms with Gasteiger partial charge in [0.25, 0.3) is 6.43 Å². The average molecular weight is 402 g/mol. The Labute approximate surface area is 153 Å². The maximum Gasteiger partial charge on any atom is 0.573 e. The molecule has 3 rings (SSSR count). The molecule has 13 heteroatoms. The second-order valence-electron chi connectivity index (χ2n) is 5.48. The molecule has 2 aromatic heterocycles. The van der Waals surface area contributed by atoms with Crippen molar-refractivity contribution in [2.45, 2.75) is 24.9 Å². The summed E-state index contributed by atoms with van der Waals surface area (Å²) in [6, 6.07) is 6.23. The monoisotopic (exact) mass is 402 g/mol. The third-order valence-electron chi connectivity index (χ3n) is 3.60. The topological polar surface area (TPSA) is 98.8 Å². The molecule has 0 radical (unpaired) electrons. The van der Waals surface area contributed by atoms with E-state index in [4.69, 9.17) is 0 Å². The van der Waals surface area contributed by atoms with Gasteiger partial charge in [-0.3, -0.25) is 0 Å². The van der Waals surface area contributed by atoms with Crippen molar-refractivity contribution < 1.29 is 31.8 Å². The zero-order valence-electron chi connectivity index (χ0n) is 13.7. The van der Waals surface area contributed by atoms with Crippen LogP contribution in [-0.2, 0) is 0 Å². The van der Waals surface area contributed by atoms with Gasteiger partial charge in [-0.1, -0.05) is 0 Å². The first kappa shape index (κ1) is 19.5. The minimum Gasteiger partial charge on any atom is -0.406 e. The second kappa shape index (κ2) is 7.80. The van der Waals surface area contributed by atoms with Gasteiger partial charge >= 0.3 is 6.36 Å². The predicted octanol–water partition coefficient (Wildman–Crippen LogP) is 2.24. The molecule has 0 fully saturated rings. The van der Waals surface area contributed by atoms with Crippen molar-refractivity contribution in [2.24, 2.45) is 0 Å². The van der Waals surface area contributed by atoms with Crippen LogP contribution in [0.15, 0.2) is 42.7 Å². The number of nitrogens with zero attached hydrogens (tertiary/aromatic N) is 6. The quantitative estimate of drug-likeness (QED) is 0.632. The summed E-state index contributed by atoms with van der Waals surface area (Å²) in [5.74, 6) is -0.403. The fourth-order valence-electron chi connectivity index (χ4n) is 2.38. The predicted molar refractivity (Wildman–Crippen MR) is 82.1 cm³/mol. The Bertz CT molecular complexity index is 887. The number of benzene rings is 1. The van der Waals surface area contributed by atoms with Crippen LogP contribution >= 0.6 is 0 Å². The Balaban J connectivity index is 1.84. The molecule has 8 nitrogen and oxygen atoms in total. The third kappa shape index (κ3) is 4.54. The number of ether oxygens (including phenoxy) is 1. The van der Waals surface area contributed by atoms with Gasteiger partial charge in [0.05, 0.1) is 11.4 Å². The first-order chi connectivity index (χ1) is 13.2. The summed E-state index contributed by atoms with van der Waals surface area (Å²) in [7, 11) is 0. The van der Waals surface area contributed by atoms with Crippen molar-refractivity contribution in [1.82, 2.24) is 30.4 Å². The van der Waals surface area contributed by atoms with Crippen LogP contribution in [0.3, 0.4) is 0 Å². The number of aliphatic hydroxyl groups excluding tert-OH is 1. The van der Waals surface area contributed by atoms with Crippen LogP contribution < -0.4 is 4.74 Å². The summed E-state index contributed by atoms with van der Waals surface area (Å²) in [5.41, 5.74) is 0.659. The lowest BCUT2D eigenvalue weighted by atomic mass is 10.1. The molecule has 2 atom stereocenters. The summed E-state index contributed by atoms with van der Waals surface area (Å²) in [6.45, 7) is 0. The first-order valence-corrected chi connectivity index (χ1v) is 7.63. The molecular weight excluding hydrogens is 391 g/mol. The number of halogens is 5. The number of tetrazole rings is 1. The zero-order chi connectivity index (χ0) is 20.3. The van der Waals surface area contributed by atoms with Gasteiger partial charge in [-0.05, 0) is 46.8 Å². The zero-order valence-corrected chi connectivity index (χ0v) is 13.7. The summed E-state index contributed by atoms with van der Waals surface area (Å²) in [6.07, 6.45) is -8.98. The van der Waals surface area contributed by atoms with Crippen LogP contribution in [-0.4, -0.2) is 54.4 Å². The van der Waals surface area contributed by atoms with Crippen molar-refractivity contribution in [3.63, 3.8) is 0 Å². The molecule has 0 saturated heterocycles. The molecule has 3 aromatic rings. The van der Waals surface area contributed by atoms with Crippen molar-refractivity contribution in [3.8, 4) is 17.0 Å². The lowest BCUT2D eigenvalue weighted by Gasteiger charge is -2.20. The highest BCUT2D eigenvalue weighted by Crippen LogP contribution is 2.27. The van der Waals surface area contributed by atoms with Gasteiger partial charge in [0, 0.05) is 5.56 Å². The summed E-state index contributed by atoms with van der Waals surface area (Å²) >= 11 is 0. The van der Waals surface area contributed by atoms with Crippen LogP contribution in [0, 0.1) is 0 Å². The van der Waals surface area contributed by atoms with Crippen molar-refractivity contribution in [1.29, 1.82) is 0 Å². The van der Waals surface area contributed by atoms with Gasteiger partial charge in [-0.25, -0.2) is 13.5 Å². The maximum atomic E-state index is 13.0. The number of alkyl halides is 5. The molecule has 0 saturated carbocycles. The molecule has 0 amide bonds. The highest BCUT2D eigenvalue weighted by atomic mass is 19.4. The van der Waals surface area contributed by atoms with Crippen LogP contribution in [0.1, 0.15) is 11.7 Å². The van der Waals surface area contributed by atoms with Crippen LogP contribution in [0.4, 0.5) is 22.0 Å². The average Bonchev–Trinajstić information content (AvgIpc) is 3.16. The molecule has 28 heavy (non-hydrogen) atoms. The Morgan fingerprint density at radius 2 is 1.71 bits per heavy atom. The molecule has 1 aromatic carbocycles. The van der Waals surface area contributed by atoms with Crippen LogP contribution in [0.25, 0.3) is 11.3 Å². The Morgan fingerprint density at radius 1 is 1.00 bits per heavy atom. The van der Waals surface area contributed by atoms with Gasteiger partial charge in [0.1, 0.15) is 24.2 Å². The minimum atomic E-state index is -4.81. The Morgan fingerprint density at radius 3 is 2.21 bits per heavy atom. The van der Waals surface area contributed by atoms with E-state index in [0.717, 1.165) is 23.1 Å². The molecule has 0 bridgehead atoms. The maximum absolute atomic E-state index is 13.0. The van der Waals surface area contributed by atoms with Crippen LogP contribution in [0.2, 0.25) is 0 Å². The van der Waals surface area contributed by atoms with Crippen molar-refractivity contribution >= 4 is 0 Å². The molecule has 0 aliphatic heterocycles. The van der Waals surface area contributed by atoms with E-state index in [0.29, 0.717) is 5.56 Å². The lowest BCUT2D eigenvalue weighted by Crippen LogP contribution is -2.32. The molecule has 1 N–H and O–H groups in total. The van der Waals surface area contributed by atoms with E-state index in [9.17, 15) is 27.1 Å². The minimum absolute atomic E-state index is 0.0270. The molecule has 0 spiro atoms. The summed E-state index contributed by atoms with van der Waals surface area (Å²) in [5, 5.41) is 27.7. The molecule has 148 valence electrons. The van der Waals surface area contributed by atoms with Gasteiger partial charge in [-0.2, -0.15) is 10.2 Å². The number of hydrogen-bond donors (Lipinski definition) is 1. The third-order valence-corrected chi connectivity index (χ3v) is 3.60. The smallest absolute Gasteiger partial charge is 0.406 e. The Kier molecular flexibility index (Phi) is 5.44. The van der Waals surface area contributed by atoms with Gasteiger partial charge in [0.15, 0.2) is 0 Å². The highest BCUT2D eigenvalue weighted by molar-refractivity contribution is 5.59. The molecule has 0 aliphatic rings. The number of aromatic nitrogens is 6. The largest absolute Gasteiger partial charge is 0.573 e. The van der Waals surface area contributed by atoms with Crippen LogP contribution in [0.5, 0.6) is 5.75 Å². The fourth-order valence-corrected chi connectivity index (χ4v) is 2.38. The van der Waals surface area contributed by atoms with E-state index < -0.39 is 30.7 Å². The molecule has 2 unspecified atom stereocenters. The van der Waals surface area contributed by atoms with E-state index in [1.165, 1.54) is 24.3 Å². The second-order valence-corrected chi connectivity index (χ2v) is 5.48. The van der Waals surface area contributed by atoms with Gasteiger partial charge in [0.2, 0.25) is 0 Å². The van der Waals surface area contributed by atoms with Crippen molar-refractivity contribution in [3.05, 3.63) is 48.4 Å². The van der Waals surface area contributed by atoms with Gasteiger partial charge in [-0.15, -0.1) is 18.3 Å². The van der Waals surface area contributed by atoms with E-state index in [2.05, 4.69) is 30.5 Å². The van der Waals surface area contributed by atoms with E-state index in [1.54, 1.807) is 0 Å². The first-order valence-electron chi connectivity index (χ1n) is 7.63. The summed E-state index contributed by atoms with van der Waals surface area (Å²) < 4.78 is 67.2. The molecular formula is C15H11F5N6O2. The highest BCUT2D eigenvalue weighted by Gasteiger charge is 2.33. The number of rotatable bonds is 6. The standard InChI is InChI=1S/C15H11F5N6O2/c16-14(17)13(27)12(26-7-21-24-25-26)11-6-5-10(22-23-11)8-1-3-9(4-2-8)28-15(18,19)20/h1-7,12-14,27H. The fraction of sp³-hybridized carbons (Fsp3) is 0.267. The number of hydrogen-bond acceptors (Lipinski definition) is 7. The Hall–Kier alpha value is -3.22. The summed E-state index contributed by atoms with van der Waals surface area (Å²) in [4.78, 5) is 0. The molecule has 2 heterocycles. The SMILES string of the molecule is OC(C(F)F)C(c1ccc(-c2ccc(OC(F)(F)F)cc2)nn1)n1cnnn1. The van der Waals surface area contributed by atoms with E-state index in [-0.39, 0.29) is 11.4 Å². The number of aliphatic hydroxyl groups is 1. The van der Waals surface area contributed by atoms with E-state index >= 15 is 0 Å².